The van der Waals surface area contributed by atoms with Gasteiger partial charge in [-0.05, 0) is 25.7 Å². The first-order valence-electron chi connectivity index (χ1n) is 5.37. The number of rotatable bonds is 4. The van der Waals surface area contributed by atoms with E-state index in [4.69, 9.17) is 0 Å². The monoisotopic (exact) mass is 196 g/mol. The zero-order valence-corrected chi connectivity index (χ0v) is 9.54. The molecule has 0 fully saturated rings. The van der Waals surface area contributed by atoms with Gasteiger partial charge in [0.15, 0.2) is 0 Å². The lowest BCUT2D eigenvalue weighted by molar-refractivity contribution is 0.397. The van der Waals surface area contributed by atoms with Crippen molar-refractivity contribution in [3.05, 3.63) is 11.3 Å². The van der Waals surface area contributed by atoms with Crippen molar-refractivity contribution in [1.29, 1.82) is 0 Å². The van der Waals surface area contributed by atoms with E-state index in [1.54, 1.807) is 4.68 Å². The van der Waals surface area contributed by atoms with E-state index in [1.165, 1.54) is 0 Å². The number of aryl methyl sites for hydroxylation is 2. The maximum absolute atomic E-state index is 9.89. The van der Waals surface area contributed by atoms with Crippen molar-refractivity contribution in [3.63, 3.8) is 0 Å². The molecule has 1 N–H and O–H groups in total. The number of hydrogen-bond donors (Lipinski definition) is 1. The first kappa shape index (κ1) is 11.1. The molecule has 0 aliphatic carbocycles. The summed E-state index contributed by atoms with van der Waals surface area (Å²) in [7, 11) is 0. The van der Waals surface area contributed by atoms with Crippen molar-refractivity contribution in [2.24, 2.45) is 5.92 Å². The molecule has 0 aliphatic heterocycles. The van der Waals surface area contributed by atoms with Gasteiger partial charge in [0.25, 0.3) is 0 Å². The van der Waals surface area contributed by atoms with Gasteiger partial charge in [-0.3, -0.25) is 0 Å². The smallest absolute Gasteiger partial charge is 0.212 e. The predicted molar refractivity (Wildman–Crippen MR) is 57.5 cm³/mol. The summed E-state index contributed by atoms with van der Waals surface area (Å²) in [5, 5.41) is 14.3. The Balaban J connectivity index is 3.04. The summed E-state index contributed by atoms with van der Waals surface area (Å²) in [5.41, 5.74) is 2.07. The molecule has 0 saturated heterocycles. The first-order chi connectivity index (χ1) is 6.60. The van der Waals surface area contributed by atoms with E-state index < -0.39 is 0 Å². The Kier molecular flexibility index (Phi) is 3.55. The van der Waals surface area contributed by atoms with Crippen LogP contribution < -0.4 is 0 Å². The van der Waals surface area contributed by atoms with Crippen molar-refractivity contribution in [3.8, 4) is 5.88 Å². The minimum absolute atomic E-state index is 0.359. The topological polar surface area (TPSA) is 38.0 Å². The molecule has 0 bridgehead atoms. The fourth-order valence-electron chi connectivity index (χ4n) is 1.66. The quantitative estimate of drug-likeness (QED) is 0.802. The predicted octanol–water partition coefficient (Wildman–Crippen LogP) is 2.37. The van der Waals surface area contributed by atoms with Gasteiger partial charge in [0.1, 0.15) is 0 Å². The second kappa shape index (κ2) is 4.49. The summed E-state index contributed by atoms with van der Waals surface area (Å²) in [4.78, 5) is 0. The lowest BCUT2D eigenvalue weighted by Crippen LogP contribution is -1.96. The van der Waals surface area contributed by atoms with Gasteiger partial charge < -0.3 is 5.11 Å². The largest absolute Gasteiger partial charge is 0.493 e. The summed E-state index contributed by atoms with van der Waals surface area (Å²) in [6.07, 6.45) is 1.80. The lowest BCUT2D eigenvalue weighted by atomic mass is 10.0. The van der Waals surface area contributed by atoms with Gasteiger partial charge in [-0.25, -0.2) is 4.68 Å². The standard InChI is InChI=1S/C11H20N2O/c1-5-10-9(7-8(3)4)11(14)13(6-2)12-10/h8,14H,5-7H2,1-4H3. The molecule has 1 aromatic heterocycles. The third-order valence-corrected chi connectivity index (χ3v) is 2.35. The molecule has 3 heteroatoms. The van der Waals surface area contributed by atoms with Crippen LogP contribution in [-0.2, 0) is 19.4 Å². The van der Waals surface area contributed by atoms with E-state index in [9.17, 15) is 5.11 Å². The Labute approximate surface area is 85.8 Å². The van der Waals surface area contributed by atoms with Crippen LogP contribution in [0.1, 0.15) is 39.0 Å². The Morgan fingerprint density at radius 1 is 1.36 bits per heavy atom. The molecule has 80 valence electrons. The Hall–Kier alpha value is -0.990. The Morgan fingerprint density at radius 2 is 2.00 bits per heavy atom. The third kappa shape index (κ3) is 2.08. The minimum atomic E-state index is 0.359. The van der Waals surface area contributed by atoms with Crippen molar-refractivity contribution in [2.75, 3.05) is 0 Å². The number of aromatic hydroxyl groups is 1. The zero-order valence-electron chi connectivity index (χ0n) is 9.54. The fourth-order valence-corrected chi connectivity index (χ4v) is 1.66. The fraction of sp³-hybridized carbons (Fsp3) is 0.727. The van der Waals surface area contributed by atoms with Crippen molar-refractivity contribution in [1.82, 2.24) is 9.78 Å². The minimum Gasteiger partial charge on any atom is -0.493 e. The van der Waals surface area contributed by atoms with E-state index >= 15 is 0 Å². The molecule has 0 spiro atoms. The molecule has 0 saturated carbocycles. The normalized spacial score (nSPS) is 11.2. The summed E-state index contributed by atoms with van der Waals surface area (Å²) in [6, 6.07) is 0. The molecule has 0 amide bonds. The molecule has 0 radical (unpaired) electrons. The van der Waals surface area contributed by atoms with Crippen LogP contribution in [0.4, 0.5) is 0 Å². The van der Waals surface area contributed by atoms with E-state index in [1.807, 2.05) is 6.92 Å². The van der Waals surface area contributed by atoms with Gasteiger partial charge in [-0.15, -0.1) is 0 Å². The van der Waals surface area contributed by atoms with Gasteiger partial charge >= 0.3 is 0 Å². The van der Waals surface area contributed by atoms with E-state index in [-0.39, 0.29) is 0 Å². The third-order valence-electron chi connectivity index (χ3n) is 2.35. The molecule has 3 nitrogen and oxygen atoms in total. The highest BCUT2D eigenvalue weighted by Crippen LogP contribution is 2.24. The van der Waals surface area contributed by atoms with E-state index in [0.29, 0.717) is 11.8 Å². The molecule has 0 aromatic carbocycles. The van der Waals surface area contributed by atoms with E-state index in [2.05, 4.69) is 25.9 Å². The zero-order chi connectivity index (χ0) is 10.7. The van der Waals surface area contributed by atoms with E-state index in [0.717, 1.165) is 30.6 Å². The highest BCUT2D eigenvalue weighted by atomic mass is 16.3. The lowest BCUT2D eigenvalue weighted by Gasteiger charge is -2.04. The van der Waals surface area contributed by atoms with Crippen LogP contribution in [-0.4, -0.2) is 14.9 Å². The molecule has 1 aromatic rings. The van der Waals surface area contributed by atoms with Crippen LogP contribution in [0.2, 0.25) is 0 Å². The van der Waals surface area contributed by atoms with Gasteiger partial charge in [0, 0.05) is 12.1 Å². The van der Waals surface area contributed by atoms with Gasteiger partial charge in [0.2, 0.25) is 5.88 Å². The van der Waals surface area contributed by atoms with Gasteiger partial charge in [-0.1, -0.05) is 20.8 Å². The van der Waals surface area contributed by atoms with Crippen molar-refractivity contribution >= 4 is 0 Å². The van der Waals surface area contributed by atoms with Crippen LogP contribution in [0.15, 0.2) is 0 Å². The van der Waals surface area contributed by atoms with Crippen molar-refractivity contribution in [2.45, 2.75) is 47.1 Å². The van der Waals surface area contributed by atoms with Crippen LogP contribution in [0.5, 0.6) is 5.88 Å². The Bertz CT molecular complexity index is 302. The van der Waals surface area contributed by atoms with Crippen LogP contribution >= 0.6 is 0 Å². The SMILES string of the molecule is CCc1nn(CC)c(O)c1CC(C)C. The second-order valence-electron chi connectivity index (χ2n) is 4.02. The summed E-state index contributed by atoms with van der Waals surface area (Å²) in [6.45, 7) is 9.11. The second-order valence-corrected chi connectivity index (χ2v) is 4.02. The van der Waals surface area contributed by atoms with Crippen LogP contribution in [0.25, 0.3) is 0 Å². The number of nitrogens with zero attached hydrogens (tertiary/aromatic N) is 2. The molecule has 0 atom stereocenters. The van der Waals surface area contributed by atoms with Crippen LogP contribution in [0, 0.1) is 5.92 Å². The molecule has 0 unspecified atom stereocenters. The van der Waals surface area contributed by atoms with Gasteiger partial charge in [-0.2, -0.15) is 5.10 Å². The summed E-state index contributed by atoms with van der Waals surface area (Å²) < 4.78 is 1.68. The summed E-state index contributed by atoms with van der Waals surface area (Å²) >= 11 is 0. The van der Waals surface area contributed by atoms with Gasteiger partial charge in [0.05, 0.1) is 5.69 Å². The average Bonchev–Trinajstić information content (AvgIpc) is 2.43. The highest BCUT2D eigenvalue weighted by molar-refractivity contribution is 5.31. The molecule has 0 aliphatic rings. The maximum atomic E-state index is 9.89. The number of aromatic nitrogens is 2. The molecular formula is C11H20N2O. The number of hydrogen-bond acceptors (Lipinski definition) is 2. The average molecular weight is 196 g/mol. The van der Waals surface area contributed by atoms with Crippen LogP contribution in [0.3, 0.4) is 0 Å². The summed E-state index contributed by atoms with van der Waals surface area (Å²) in [5.74, 6) is 0.916. The first-order valence-corrected chi connectivity index (χ1v) is 5.37. The van der Waals surface area contributed by atoms with Crippen molar-refractivity contribution < 1.29 is 5.11 Å². The molecule has 1 heterocycles. The Morgan fingerprint density at radius 3 is 2.43 bits per heavy atom. The molecule has 1 rings (SSSR count). The molecular weight excluding hydrogens is 176 g/mol. The maximum Gasteiger partial charge on any atom is 0.212 e. The highest BCUT2D eigenvalue weighted by Gasteiger charge is 2.15. The molecule has 14 heavy (non-hydrogen) atoms.